The molecule has 1 atom stereocenters. The molecule has 1 saturated heterocycles. The predicted molar refractivity (Wildman–Crippen MR) is 102 cm³/mol. The van der Waals surface area contributed by atoms with Crippen LogP contribution in [0.1, 0.15) is 6.92 Å². The lowest BCUT2D eigenvalue weighted by Crippen LogP contribution is -2.53. The molecule has 1 aromatic carbocycles. The molecule has 2 aromatic rings. The summed E-state index contributed by atoms with van der Waals surface area (Å²) < 4.78 is 18.6. The Morgan fingerprint density at radius 2 is 1.93 bits per heavy atom. The molecule has 2 heterocycles. The second-order valence-corrected chi connectivity index (χ2v) is 6.65. The number of rotatable bonds is 5. The molecule has 144 valence electrons. The molecule has 0 spiro atoms. The molecule has 27 heavy (non-hydrogen) atoms. The van der Waals surface area contributed by atoms with Crippen LogP contribution >= 0.6 is 11.6 Å². The number of nitrogens with zero attached hydrogens (tertiary/aromatic N) is 4. The number of ether oxygens (including phenoxy) is 1. The molecular formula is C18H21ClFN5O2. The lowest BCUT2D eigenvalue weighted by molar-refractivity contribution is -0.120. The van der Waals surface area contributed by atoms with E-state index >= 15 is 0 Å². The van der Waals surface area contributed by atoms with E-state index in [1.165, 1.54) is 12.1 Å². The SMILES string of the molecule is COc1cnc(N2CCN(C(C)C(=O)Nc3ccc(Cl)c(F)c3)CC2)nc1. The van der Waals surface area contributed by atoms with Crippen LogP contribution < -0.4 is 15.0 Å². The van der Waals surface area contributed by atoms with E-state index in [-0.39, 0.29) is 17.0 Å². The zero-order chi connectivity index (χ0) is 19.4. The van der Waals surface area contributed by atoms with E-state index in [0.717, 1.165) is 0 Å². The second kappa shape index (κ2) is 8.49. The van der Waals surface area contributed by atoms with Gasteiger partial charge in [0, 0.05) is 31.9 Å². The Kier molecular flexibility index (Phi) is 6.08. The summed E-state index contributed by atoms with van der Waals surface area (Å²) in [6.45, 7) is 4.64. The molecule has 0 radical (unpaired) electrons. The Morgan fingerprint density at radius 3 is 2.52 bits per heavy atom. The third-order valence-corrected chi connectivity index (χ3v) is 4.87. The minimum absolute atomic E-state index is 0.0259. The van der Waals surface area contributed by atoms with Crippen LogP contribution in [0.5, 0.6) is 5.75 Å². The van der Waals surface area contributed by atoms with Crippen molar-refractivity contribution >= 4 is 29.1 Å². The number of carbonyl (C=O) groups excluding carboxylic acids is 1. The van der Waals surface area contributed by atoms with Crippen LogP contribution in [0.2, 0.25) is 5.02 Å². The number of methoxy groups -OCH3 is 1. The van der Waals surface area contributed by atoms with Crippen molar-refractivity contribution < 1.29 is 13.9 Å². The van der Waals surface area contributed by atoms with Crippen molar-refractivity contribution in [2.45, 2.75) is 13.0 Å². The molecule has 0 bridgehead atoms. The highest BCUT2D eigenvalue weighted by Gasteiger charge is 2.26. The van der Waals surface area contributed by atoms with E-state index in [9.17, 15) is 9.18 Å². The summed E-state index contributed by atoms with van der Waals surface area (Å²) >= 11 is 5.66. The lowest BCUT2D eigenvalue weighted by Gasteiger charge is -2.37. The zero-order valence-electron chi connectivity index (χ0n) is 15.2. The van der Waals surface area contributed by atoms with Crippen molar-refractivity contribution in [1.29, 1.82) is 0 Å². The molecule has 0 saturated carbocycles. The molecular weight excluding hydrogens is 373 g/mol. The highest BCUT2D eigenvalue weighted by molar-refractivity contribution is 6.30. The highest BCUT2D eigenvalue weighted by atomic mass is 35.5. The topological polar surface area (TPSA) is 70.6 Å². The normalized spacial score (nSPS) is 16.1. The summed E-state index contributed by atoms with van der Waals surface area (Å²) in [6.07, 6.45) is 3.27. The van der Waals surface area contributed by atoms with Gasteiger partial charge in [-0.1, -0.05) is 11.6 Å². The van der Waals surface area contributed by atoms with Crippen LogP contribution in [0.25, 0.3) is 0 Å². The molecule has 7 nitrogen and oxygen atoms in total. The van der Waals surface area contributed by atoms with E-state index in [1.807, 2.05) is 6.92 Å². The van der Waals surface area contributed by atoms with Crippen molar-refractivity contribution in [3.8, 4) is 5.75 Å². The van der Waals surface area contributed by atoms with Gasteiger partial charge in [0.05, 0.1) is 30.6 Å². The average Bonchev–Trinajstić information content (AvgIpc) is 2.70. The third-order valence-electron chi connectivity index (χ3n) is 4.56. The number of nitrogens with one attached hydrogen (secondary N) is 1. The van der Waals surface area contributed by atoms with Crippen molar-refractivity contribution in [3.63, 3.8) is 0 Å². The Balaban J connectivity index is 1.54. The summed E-state index contributed by atoms with van der Waals surface area (Å²) in [5.41, 5.74) is 0.388. The first-order valence-corrected chi connectivity index (χ1v) is 8.96. The van der Waals surface area contributed by atoms with Crippen LogP contribution in [-0.4, -0.2) is 60.1 Å². The first-order chi connectivity index (χ1) is 13.0. The summed E-state index contributed by atoms with van der Waals surface area (Å²) in [4.78, 5) is 25.2. The lowest BCUT2D eigenvalue weighted by atomic mass is 10.2. The van der Waals surface area contributed by atoms with Crippen LogP contribution in [0.15, 0.2) is 30.6 Å². The summed E-state index contributed by atoms with van der Waals surface area (Å²) in [6, 6.07) is 3.87. The van der Waals surface area contributed by atoms with E-state index in [4.69, 9.17) is 16.3 Å². The molecule has 1 aliphatic rings. The molecule has 9 heteroatoms. The van der Waals surface area contributed by atoms with Crippen molar-refractivity contribution in [2.75, 3.05) is 43.5 Å². The molecule has 3 rings (SSSR count). The smallest absolute Gasteiger partial charge is 0.241 e. The van der Waals surface area contributed by atoms with E-state index in [2.05, 4.69) is 25.1 Å². The Labute approximate surface area is 162 Å². The molecule has 1 aliphatic heterocycles. The molecule has 1 N–H and O–H groups in total. The standard InChI is InChI=1S/C18H21ClFN5O2/c1-12(17(26)23-13-3-4-15(19)16(20)9-13)24-5-7-25(8-6-24)18-21-10-14(27-2)11-22-18/h3-4,9-12H,5-8H2,1-2H3,(H,23,26). The van der Waals surface area contributed by atoms with Crippen LogP contribution in [0.3, 0.4) is 0 Å². The van der Waals surface area contributed by atoms with Crippen molar-refractivity contribution in [3.05, 3.63) is 41.4 Å². The van der Waals surface area contributed by atoms with Gasteiger partial charge >= 0.3 is 0 Å². The van der Waals surface area contributed by atoms with Gasteiger partial charge in [0.15, 0.2) is 5.75 Å². The minimum atomic E-state index is -0.560. The number of carbonyl (C=O) groups is 1. The monoisotopic (exact) mass is 393 g/mol. The maximum absolute atomic E-state index is 13.5. The van der Waals surface area contributed by atoms with Gasteiger partial charge in [-0.3, -0.25) is 9.69 Å². The first kappa shape index (κ1) is 19.3. The van der Waals surface area contributed by atoms with Crippen molar-refractivity contribution in [2.24, 2.45) is 0 Å². The summed E-state index contributed by atoms with van der Waals surface area (Å²) in [5.74, 6) is 0.506. The molecule has 0 aliphatic carbocycles. The fourth-order valence-corrected chi connectivity index (χ4v) is 2.99. The van der Waals surface area contributed by atoms with Gasteiger partial charge in [-0.2, -0.15) is 0 Å². The van der Waals surface area contributed by atoms with Crippen LogP contribution in [0, 0.1) is 5.82 Å². The molecule has 1 amide bonds. The quantitative estimate of drug-likeness (QED) is 0.841. The number of benzene rings is 1. The fraction of sp³-hybridized carbons (Fsp3) is 0.389. The predicted octanol–water partition coefficient (Wildman–Crippen LogP) is 2.43. The van der Waals surface area contributed by atoms with E-state index < -0.39 is 5.82 Å². The largest absolute Gasteiger partial charge is 0.494 e. The van der Waals surface area contributed by atoms with Gasteiger partial charge < -0.3 is 15.0 Å². The van der Waals surface area contributed by atoms with Gasteiger partial charge in [-0.25, -0.2) is 14.4 Å². The van der Waals surface area contributed by atoms with Crippen LogP contribution in [-0.2, 0) is 4.79 Å². The van der Waals surface area contributed by atoms with Gasteiger partial charge in [-0.05, 0) is 25.1 Å². The highest BCUT2D eigenvalue weighted by Crippen LogP contribution is 2.20. The number of hydrogen-bond acceptors (Lipinski definition) is 6. The fourth-order valence-electron chi connectivity index (χ4n) is 2.87. The number of piperazine rings is 1. The number of aromatic nitrogens is 2. The second-order valence-electron chi connectivity index (χ2n) is 6.24. The van der Waals surface area contributed by atoms with Gasteiger partial charge in [-0.15, -0.1) is 0 Å². The summed E-state index contributed by atoms with van der Waals surface area (Å²) in [5, 5.41) is 2.76. The molecule has 1 unspecified atom stereocenters. The number of amides is 1. The average molecular weight is 394 g/mol. The zero-order valence-corrected chi connectivity index (χ0v) is 15.9. The van der Waals surface area contributed by atoms with E-state index in [0.29, 0.717) is 43.6 Å². The maximum atomic E-state index is 13.5. The Hall–Kier alpha value is -2.45. The van der Waals surface area contributed by atoms with Crippen molar-refractivity contribution in [1.82, 2.24) is 14.9 Å². The van der Waals surface area contributed by atoms with Gasteiger partial charge in [0.25, 0.3) is 0 Å². The maximum Gasteiger partial charge on any atom is 0.241 e. The van der Waals surface area contributed by atoms with Gasteiger partial charge in [0.2, 0.25) is 11.9 Å². The number of anilines is 2. The number of halogens is 2. The Bertz CT molecular complexity index is 797. The van der Waals surface area contributed by atoms with Crippen LogP contribution in [0.4, 0.5) is 16.0 Å². The molecule has 1 fully saturated rings. The first-order valence-electron chi connectivity index (χ1n) is 8.59. The Morgan fingerprint density at radius 1 is 1.26 bits per heavy atom. The van der Waals surface area contributed by atoms with E-state index in [1.54, 1.807) is 25.6 Å². The third kappa shape index (κ3) is 4.64. The molecule has 1 aromatic heterocycles. The van der Waals surface area contributed by atoms with Gasteiger partial charge in [0.1, 0.15) is 5.82 Å². The minimum Gasteiger partial charge on any atom is -0.494 e. The number of hydrogen-bond donors (Lipinski definition) is 1. The summed E-state index contributed by atoms with van der Waals surface area (Å²) in [7, 11) is 1.57.